The van der Waals surface area contributed by atoms with Crippen molar-refractivity contribution in [1.29, 1.82) is 0 Å². The van der Waals surface area contributed by atoms with Crippen molar-refractivity contribution in [3.8, 4) is 0 Å². The van der Waals surface area contributed by atoms with Gasteiger partial charge in [-0.1, -0.05) is 30.3 Å². The fourth-order valence-electron chi connectivity index (χ4n) is 2.02. The van der Waals surface area contributed by atoms with Crippen LogP contribution in [0.25, 0.3) is 0 Å². The first kappa shape index (κ1) is 12.8. The van der Waals surface area contributed by atoms with E-state index in [4.69, 9.17) is 0 Å². The summed E-state index contributed by atoms with van der Waals surface area (Å²) in [6.45, 7) is 4.33. The summed E-state index contributed by atoms with van der Waals surface area (Å²) in [7, 11) is 0. The van der Waals surface area contributed by atoms with E-state index in [9.17, 15) is 0 Å². The van der Waals surface area contributed by atoms with Crippen molar-refractivity contribution in [3.05, 3.63) is 54.6 Å². The fraction of sp³-hybridized carbons (Fsp3) is 0.400. The summed E-state index contributed by atoms with van der Waals surface area (Å²) in [6, 6.07) is 11.0. The maximum absolute atomic E-state index is 4.04. The molecular formula is C15H21N3. The van der Waals surface area contributed by atoms with Crippen molar-refractivity contribution in [2.24, 2.45) is 0 Å². The summed E-state index contributed by atoms with van der Waals surface area (Å²) in [5.74, 6) is 0. The summed E-state index contributed by atoms with van der Waals surface area (Å²) < 4.78 is 2.13. The van der Waals surface area contributed by atoms with Crippen LogP contribution in [0.1, 0.15) is 31.4 Å². The number of rotatable bonds is 7. The number of nitrogens with one attached hydrogen (secondary N) is 1. The minimum atomic E-state index is 0.430. The van der Waals surface area contributed by atoms with Gasteiger partial charge in [-0.3, -0.25) is 0 Å². The number of hydrogen-bond acceptors (Lipinski definition) is 2. The Morgan fingerprint density at radius 2 is 2.06 bits per heavy atom. The Balaban J connectivity index is 1.61. The van der Waals surface area contributed by atoms with Crippen molar-refractivity contribution in [3.63, 3.8) is 0 Å². The molecule has 1 aromatic carbocycles. The summed E-state index contributed by atoms with van der Waals surface area (Å²) in [4.78, 5) is 4.04. The van der Waals surface area contributed by atoms with E-state index in [-0.39, 0.29) is 0 Å². The number of aromatic nitrogens is 2. The highest BCUT2D eigenvalue weighted by Gasteiger charge is 2.02. The highest BCUT2D eigenvalue weighted by molar-refractivity contribution is 5.17. The van der Waals surface area contributed by atoms with Crippen LogP contribution in [0.4, 0.5) is 0 Å². The first-order valence-electron chi connectivity index (χ1n) is 6.60. The number of unbranched alkanes of at least 4 members (excludes halogenated alkanes) is 1. The number of benzene rings is 1. The molecule has 0 aliphatic carbocycles. The predicted octanol–water partition coefficient (Wildman–Crippen LogP) is 3.01. The van der Waals surface area contributed by atoms with Gasteiger partial charge in [-0.25, -0.2) is 4.98 Å². The lowest BCUT2D eigenvalue weighted by molar-refractivity contribution is 0.523. The molecule has 1 aromatic heterocycles. The van der Waals surface area contributed by atoms with E-state index in [1.807, 2.05) is 18.7 Å². The number of hydrogen-bond donors (Lipinski definition) is 1. The summed E-state index contributed by atoms with van der Waals surface area (Å²) >= 11 is 0. The molecule has 96 valence electrons. The van der Waals surface area contributed by atoms with Gasteiger partial charge in [-0.2, -0.15) is 0 Å². The van der Waals surface area contributed by atoms with Crippen molar-refractivity contribution >= 4 is 0 Å². The Labute approximate surface area is 109 Å². The molecule has 0 spiro atoms. The normalized spacial score (nSPS) is 12.5. The maximum atomic E-state index is 4.04. The average molecular weight is 243 g/mol. The zero-order valence-corrected chi connectivity index (χ0v) is 10.9. The minimum Gasteiger partial charge on any atom is -0.337 e. The lowest BCUT2D eigenvalue weighted by Crippen LogP contribution is -2.20. The van der Waals surface area contributed by atoms with Gasteiger partial charge in [0, 0.05) is 25.0 Å². The van der Waals surface area contributed by atoms with Crippen LogP contribution in [-0.2, 0) is 6.54 Å². The largest absolute Gasteiger partial charge is 0.337 e. The summed E-state index contributed by atoms with van der Waals surface area (Å²) in [6.07, 6.45) is 8.09. The topological polar surface area (TPSA) is 29.9 Å². The van der Waals surface area contributed by atoms with Crippen LogP contribution in [0.3, 0.4) is 0 Å². The molecule has 0 bridgehead atoms. The third-order valence-electron chi connectivity index (χ3n) is 3.15. The molecule has 3 nitrogen and oxygen atoms in total. The Morgan fingerprint density at radius 1 is 1.22 bits per heavy atom. The molecule has 0 radical (unpaired) electrons. The number of aryl methyl sites for hydroxylation is 1. The SMILES string of the molecule is CC(NCCCCn1ccnc1)c1ccccc1. The van der Waals surface area contributed by atoms with E-state index < -0.39 is 0 Å². The fourth-order valence-corrected chi connectivity index (χ4v) is 2.02. The van der Waals surface area contributed by atoms with Crippen molar-refractivity contribution in [1.82, 2.24) is 14.9 Å². The molecule has 2 rings (SSSR count). The van der Waals surface area contributed by atoms with E-state index in [0.29, 0.717) is 6.04 Å². The van der Waals surface area contributed by atoms with Crippen molar-refractivity contribution in [2.45, 2.75) is 32.4 Å². The Morgan fingerprint density at radius 3 is 2.78 bits per heavy atom. The summed E-state index contributed by atoms with van der Waals surface area (Å²) in [5, 5.41) is 3.55. The molecule has 2 aromatic rings. The van der Waals surface area contributed by atoms with E-state index in [1.54, 1.807) is 0 Å². The van der Waals surface area contributed by atoms with Crippen molar-refractivity contribution < 1.29 is 0 Å². The molecule has 3 heteroatoms. The second kappa shape index (κ2) is 6.97. The smallest absolute Gasteiger partial charge is 0.0945 e. The molecule has 1 atom stereocenters. The van der Waals surface area contributed by atoms with E-state index >= 15 is 0 Å². The van der Waals surface area contributed by atoms with Gasteiger partial charge >= 0.3 is 0 Å². The van der Waals surface area contributed by atoms with Crippen LogP contribution >= 0.6 is 0 Å². The van der Waals surface area contributed by atoms with Crippen LogP contribution in [0.2, 0.25) is 0 Å². The van der Waals surface area contributed by atoms with Crippen molar-refractivity contribution in [2.75, 3.05) is 6.54 Å². The summed E-state index contributed by atoms with van der Waals surface area (Å²) in [5.41, 5.74) is 1.35. The van der Waals surface area contributed by atoms with Gasteiger partial charge in [0.25, 0.3) is 0 Å². The molecule has 0 fully saturated rings. The van der Waals surface area contributed by atoms with E-state index in [2.05, 4.69) is 52.1 Å². The maximum Gasteiger partial charge on any atom is 0.0945 e. The highest BCUT2D eigenvalue weighted by atomic mass is 15.0. The van der Waals surface area contributed by atoms with Crippen LogP contribution in [-0.4, -0.2) is 16.1 Å². The molecular weight excluding hydrogens is 222 g/mol. The Hall–Kier alpha value is -1.61. The zero-order valence-electron chi connectivity index (χ0n) is 10.9. The van der Waals surface area contributed by atoms with Gasteiger partial charge in [0.05, 0.1) is 6.33 Å². The molecule has 18 heavy (non-hydrogen) atoms. The second-order valence-electron chi connectivity index (χ2n) is 4.59. The van der Waals surface area contributed by atoms with E-state index in [1.165, 1.54) is 18.4 Å². The molecule has 1 heterocycles. The molecule has 0 saturated carbocycles. The predicted molar refractivity (Wildman–Crippen MR) is 74.3 cm³/mol. The molecule has 0 amide bonds. The lowest BCUT2D eigenvalue weighted by Gasteiger charge is -2.14. The van der Waals surface area contributed by atoms with Gasteiger partial charge in [0.1, 0.15) is 0 Å². The standard InChI is InChI=1S/C15H21N3/c1-14(15-7-3-2-4-8-15)17-9-5-6-11-18-12-10-16-13-18/h2-4,7-8,10,12-14,17H,5-6,9,11H2,1H3. The number of imidazole rings is 1. The molecule has 1 unspecified atom stereocenters. The van der Waals surface area contributed by atoms with Crippen LogP contribution < -0.4 is 5.32 Å². The first-order valence-corrected chi connectivity index (χ1v) is 6.60. The van der Waals surface area contributed by atoms with Gasteiger partial charge in [0.2, 0.25) is 0 Å². The van der Waals surface area contributed by atoms with Crippen LogP contribution in [0.15, 0.2) is 49.1 Å². The third-order valence-corrected chi connectivity index (χ3v) is 3.15. The Kier molecular flexibility index (Phi) is 4.97. The molecule has 1 N–H and O–H groups in total. The quantitative estimate of drug-likeness (QED) is 0.758. The van der Waals surface area contributed by atoms with E-state index in [0.717, 1.165) is 13.1 Å². The third kappa shape index (κ3) is 4.00. The minimum absolute atomic E-state index is 0.430. The van der Waals surface area contributed by atoms with Gasteiger partial charge < -0.3 is 9.88 Å². The lowest BCUT2D eigenvalue weighted by atomic mass is 10.1. The Bertz CT molecular complexity index is 422. The highest BCUT2D eigenvalue weighted by Crippen LogP contribution is 2.10. The van der Waals surface area contributed by atoms with Gasteiger partial charge in [0.15, 0.2) is 0 Å². The zero-order chi connectivity index (χ0) is 12.6. The van der Waals surface area contributed by atoms with Gasteiger partial charge in [-0.05, 0) is 31.9 Å². The number of nitrogens with zero attached hydrogens (tertiary/aromatic N) is 2. The molecule has 0 aliphatic rings. The van der Waals surface area contributed by atoms with Crippen LogP contribution in [0, 0.1) is 0 Å². The second-order valence-corrected chi connectivity index (χ2v) is 4.59. The molecule has 0 aliphatic heterocycles. The first-order chi connectivity index (χ1) is 8.86. The molecule has 0 saturated heterocycles. The average Bonchev–Trinajstić information content (AvgIpc) is 2.92. The monoisotopic (exact) mass is 243 g/mol. The van der Waals surface area contributed by atoms with Crippen LogP contribution in [0.5, 0.6) is 0 Å². The van der Waals surface area contributed by atoms with Gasteiger partial charge in [-0.15, -0.1) is 0 Å².